The summed E-state index contributed by atoms with van der Waals surface area (Å²) < 4.78 is 27.7. The summed E-state index contributed by atoms with van der Waals surface area (Å²) in [4.78, 5) is 0. The van der Waals surface area contributed by atoms with Crippen LogP contribution in [0.3, 0.4) is 0 Å². The van der Waals surface area contributed by atoms with Crippen LogP contribution in [0.4, 0.5) is 8.78 Å². The van der Waals surface area contributed by atoms with Crippen molar-refractivity contribution in [2.75, 3.05) is 6.54 Å². The van der Waals surface area contributed by atoms with Gasteiger partial charge in [0.05, 0.1) is 0 Å². The van der Waals surface area contributed by atoms with Crippen molar-refractivity contribution in [2.45, 2.75) is 19.3 Å². The molecule has 0 aromatic carbocycles. The molecule has 0 amide bonds. The van der Waals surface area contributed by atoms with Crippen molar-refractivity contribution < 1.29 is 8.78 Å². The molecule has 1 nitrogen and oxygen atoms in total. The van der Waals surface area contributed by atoms with Crippen LogP contribution in [0.15, 0.2) is 47.6 Å². The van der Waals surface area contributed by atoms with E-state index < -0.39 is 5.92 Å². The van der Waals surface area contributed by atoms with Gasteiger partial charge in [-0.15, -0.1) is 0 Å². The van der Waals surface area contributed by atoms with Crippen molar-refractivity contribution in [1.29, 1.82) is 0 Å². The number of halogens is 2. The largest absolute Gasteiger partial charge is 0.327 e. The Labute approximate surface area is 88.7 Å². The minimum Gasteiger partial charge on any atom is -0.327 e. The van der Waals surface area contributed by atoms with Crippen LogP contribution in [0.5, 0.6) is 0 Å². The van der Waals surface area contributed by atoms with Crippen LogP contribution in [0.1, 0.15) is 13.3 Å². The second-order valence-corrected chi connectivity index (χ2v) is 3.36. The van der Waals surface area contributed by atoms with Gasteiger partial charge in [0.2, 0.25) is 0 Å². The molecule has 0 saturated heterocycles. The first-order chi connectivity index (χ1) is 7.00. The second-order valence-electron chi connectivity index (χ2n) is 3.36. The van der Waals surface area contributed by atoms with E-state index >= 15 is 0 Å². The highest BCUT2D eigenvalue weighted by Gasteiger charge is 2.45. The lowest BCUT2D eigenvalue weighted by Gasteiger charge is -2.13. The minimum atomic E-state index is -2.98. The molecule has 0 spiro atoms. The molecule has 2 N–H and O–H groups in total. The standard InChI is InChI=1S/C12H15F2N/c1-4-9-8(3)11(6-7-15)12(13,14)10(9)5-2/h5-6H,2-4,7,15H2,1H3/b11-6+. The maximum absolute atomic E-state index is 13.8. The Morgan fingerprint density at radius 1 is 1.47 bits per heavy atom. The molecule has 82 valence electrons. The Morgan fingerprint density at radius 3 is 2.40 bits per heavy atom. The Morgan fingerprint density at radius 2 is 2.07 bits per heavy atom. The van der Waals surface area contributed by atoms with Crippen LogP contribution in [-0.2, 0) is 0 Å². The minimum absolute atomic E-state index is 0.0327. The molecule has 0 fully saturated rings. The first-order valence-corrected chi connectivity index (χ1v) is 4.84. The van der Waals surface area contributed by atoms with Gasteiger partial charge >= 0.3 is 0 Å². The molecule has 1 rings (SSSR count). The third kappa shape index (κ3) is 1.67. The molecule has 3 heteroatoms. The van der Waals surface area contributed by atoms with Gasteiger partial charge in [-0.25, -0.2) is 0 Å². The molecule has 0 aliphatic heterocycles. The smallest absolute Gasteiger partial charge is 0.299 e. The summed E-state index contributed by atoms with van der Waals surface area (Å²) in [7, 11) is 0. The summed E-state index contributed by atoms with van der Waals surface area (Å²) in [6.07, 6.45) is 3.06. The van der Waals surface area contributed by atoms with Gasteiger partial charge in [-0.1, -0.05) is 32.2 Å². The van der Waals surface area contributed by atoms with E-state index in [0.29, 0.717) is 17.6 Å². The zero-order valence-electron chi connectivity index (χ0n) is 8.82. The van der Waals surface area contributed by atoms with E-state index in [1.165, 1.54) is 12.2 Å². The number of rotatable bonds is 3. The quantitative estimate of drug-likeness (QED) is 0.763. The molecule has 1 aliphatic rings. The van der Waals surface area contributed by atoms with Crippen LogP contribution in [-0.4, -0.2) is 12.5 Å². The first kappa shape index (κ1) is 11.9. The van der Waals surface area contributed by atoms with Gasteiger partial charge in [0, 0.05) is 17.7 Å². The molecule has 0 aromatic rings. The molecule has 0 heterocycles. The first-order valence-electron chi connectivity index (χ1n) is 4.84. The fourth-order valence-electron chi connectivity index (χ4n) is 1.87. The normalized spacial score (nSPS) is 22.7. The lowest BCUT2D eigenvalue weighted by Crippen LogP contribution is -2.18. The van der Waals surface area contributed by atoms with E-state index in [4.69, 9.17) is 5.73 Å². The summed E-state index contributed by atoms with van der Waals surface area (Å²) in [6, 6.07) is 0. The third-order valence-corrected chi connectivity index (χ3v) is 2.57. The summed E-state index contributed by atoms with van der Waals surface area (Å²) in [5, 5.41) is 0. The van der Waals surface area contributed by atoms with Gasteiger partial charge in [-0.05, 0) is 17.6 Å². The Bertz CT molecular complexity index is 362. The third-order valence-electron chi connectivity index (χ3n) is 2.57. The van der Waals surface area contributed by atoms with Crippen LogP contribution in [0, 0.1) is 0 Å². The van der Waals surface area contributed by atoms with E-state index in [1.54, 1.807) is 0 Å². The maximum Gasteiger partial charge on any atom is 0.299 e. The van der Waals surface area contributed by atoms with Crippen molar-refractivity contribution in [3.05, 3.63) is 47.6 Å². The Balaban J connectivity index is 3.34. The van der Waals surface area contributed by atoms with Crippen molar-refractivity contribution >= 4 is 0 Å². The molecule has 0 unspecified atom stereocenters. The predicted octanol–water partition coefficient (Wildman–Crippen LogP) is 2.97. The highest BCUT2D eigenvalue weighted by Crippen LogP contribution is 2.48. The van der Waals surface area contributed by atoms with Crippen molar-refractivity contribution in [3.63, 3.8) is 0 Å². The molecule has 0 bridgehead atoms. The second kappa shape index (κ2) is 4.11. The summed E-state index contributed by atoms with van der Waals surface area (Å²) in [6.45, 7) is 9.03. The van der Waals surface area contributed by atoms with Gasteiger partial charge in [0.15, 0.2) is 0 Å². The average Bonchev–Trinajstić information content (AvgIpc) is 2.37. The van der Waals surface area contributed by atoms with Crippen LogP contribution >= 0.6 is 0 Å². The summed E-state index contributed by atoms with van der Waals surface area (Å²) in [5.41, 5.74) is 6.14. The molecule has 15 heavy (non-hydrogen) atoms. The molecular formula is C12H15F2N. The van der Waals surface area contributed by atoms with Gasteiger partial charge < -0.3 is 5.73 Å². The Hall–Kier alpha value is -1.22. The maximum atomic E-state index is 13.8. The fraction of sp³-hybridized carbons (Fsp3) is 0.333. The van der Waals surface area contributed by atoms with E-state index in [2.05, 4.69) is 13.2 Å². The van der Waals surface area contributed by atoms with Gasteiger partial charge in [-0.2, -0.15) is 8.78 Å². The Kier molecular flexibility index (Phi) is 3.25. The zero-order valence-corrected chi connectivity index (χ0v) is 8.82. The van der Waals surface area contributed by atoms with Crippen LogP contribution < -0.4 is 5.73 Å². The number of allylic oxidation sites excluding steroid dienone is 5. The average molecular weight is 211 g/mol. The molecule has 1 aliphatic carbocycles. The number of hydrogen-bond acceptors (Lipinski definition) is 1. The lowest BCUT2D eigenvalue weighted by molar-refractivity contribution is 0.0946. The summed E-state index contributed by atoms with van der Waals surface area (Å²) in [5.74, 6) is -2.98. The van der Waals surface area contributed by atoms with Crippen LogP contribution in [0.2, 0.25) is 0 Å². The number of nitrogens with two attached hydrogens (primary N) is 1. The SMILES string of the molecule is C=CC1=C(CC)C(=C)/C(=C\CN)C1(F)F. The lowest BCUT2D eigenvalue weighted by atomic mass is 10.0. The van der Waals surface area contributed by atoms with Crippen LogP contribution in [0.25, 0.3) is 0 Å². The highest BCUT2D eigenvalue weighted by molar-refractivity contribution is 5.64. The van der Waals surface area contributed by atoms with E-state index in [9.17, 15) is 8.78 Å². The molecule has 0 aromatic heterocycles. The molecular weight excluding hydrogens is 196 g/mol. The van der Waals surface area contributed by atoms with Gasteiger partial charge in [-0.3, -0.25) is 0 Å². The number of alkyl halides is 2. The van der Waals surface area contributed by atoms with E-state index in [0.717, 1.165) is 0 Å². The van der Waals surface area contributed by atoms with E-state index in [1.807, 2.05) is 6.92 Å². The molecule has 0 atom stereocenters. The van der Waals surface area contributed by atoms with Gasteiger partial charge in [0.25, 0.3) is 5.92 Å². The van der Waals surface area contributed by atoms with Crippen molar-refractivity contribution in [2.24, 2.45) is 5.73 Å². The number of hydrogen-bond donors (Lipinski definition) is 1. The van der Waals surface area contributed by atoms with E-state index in [-0.39, 0.29) is 17.7 Å². The predicted molar refractivity (Wildman–Crippen MR) is 58.7 cm³/mol. The zero-order chi connectivity index (χ0) is 11.6. The molecule has 0 saturated carbocycles. The summed E-state index contributed by atoms with van der Waals surface area (Å²) >= 11 is 0. The highest BCUT2D eigenvalue weighted by atomic mass is 19.3. The topological polar surface area (TPSA) is 26.0 Å². The van der Waals surface area contributed by atoms with Gasteiger partial charge in [0.1, 0.15) is 0 Å². The van der Waals surface area contributed by atoms with Crippen molar-refractivity contribution in [3.8, 4) is 0 Å². The van der Waals surface area contributed by atoms with Crippen molar-refractivity contribution in [1.82, 2.24) is 0 Å². The monoisotopic (exact) mass is 211 g/mol. The fourth-order valence-corrected chi connectivity index (χ4v) is 1.87. The molecule has 0 radical (unpaired) electrons.